The molecule has 8 nitrogen and oxygen atoms in total. The van der Waals surface area contributed by atoms with Crippen molar-refractivity contribution < 1.29 is 18.7 Å². The molecular weight excluding hydrogens is 336 g/mol. The molecule has 8 heteroatoms. The van der Waals surface area contributed by atoms with Crippen molar-refractivity contribution in [1.82, 2.24) is 19.7 Å². The van der Waals surface area contributed by atoms with Crippen molar-refractivity contribution in [2.75, 3.05) is 52.5 Å². The minimum atomic E-state index is -0.413. The Morgan fingerprint density at radius 3 is 2.12 bits per heavy atom. The molecule has 0 bridgehead atoms. The molecule has 0 N–H and O–H groups in total. The van der Waals surface area contributed by atoms with Crippen LogP contribution in [-0.4, -0.2) is 84.0 Å². The van der Waals surface area contributed by atoms with Gasteiger partial charge in [-0.1, -0.05) is 20.8 Å². The lowest BCUT2D eigenvalue weighted by atomic mass is 9.94. The van der Waals surface area contributed by atoms with Crippen molar-refractivity contribution in [2.45, 2.75) is 32.7 Å². The third-order valence-electron chi connectivity index (χ3n) is 4.79. The lowest BCUT2D eigenvalue weighted by molar-refractivity contribution is -0.155. The second-order valence-corrected chi connectivity index (χ2v) is 7.84. The molecule has 1 aromatic heterocycles. The Morgan fingerprint density at radius 2 is 1.58 bits per heavy atom. The van der Waals surface area contributed by atoms with Crippen LogP contribution in [0.4, 0.5) is 0 Å². The average molecular weight is 364 g/mol. The van der Waals surface area contributed by atoms with Crippen LogP contribution in [0.5, 0.6) is 0 Å². The maximum atomic E-state index is 12.4. The number of piperazine rings is 1. The minimum Gasteiger partial charge on any atom is -0.444 e. The summed E-state index contributed by atoms with van der Waals surface area (Å²) in [6.07, 6.45) is 1.79. The van der Waals surface area contributed by atoms with E-state index in [1.54, 1.807) is 16.0 Å². The SMILES string of the molecule is CC(C)(C)c1cnc(CN2CCN(C(=O)C(=O)N3CCOCC3)CC2)o1. The van der Waals surface area contributed by atoms with Crippen LogP contribution in [-0.2, 0) is 26.3 Å². The molecular formula is C18H28N4O4. The number of carbonyl (C=O) groups excluding carboxylic acids is 2. The third-order valence-corrected chi connectivity index (χ3v) is 4.79. The summed E-state index contributed by atoms with van der Waals surface area (Å²) in [5.41, 5.74) is -0.0593. The summed E-state index contributed by atoms with van der Waals surface area (Å²) in [6.45, 7) is 11.4. The van der Waals surface area contributed by atoms with E-state index in [9.17, 15) is 9.59 Å². The van der Waals surface area contributed by atoms with Gasteiger partial charge >= 0.3 is 11.8 Å². The molecule has 1 aromatic rings. The number of morpholine rings is 1. The summed E-state index contributed by atoms with van der Waals surface area (Å²) in [5, 5.41) is 0. The van der Waals surface area contributed by atoms with Gasteiger partial charge in [0.2, 0.25) is 5.89 Å². The van der Waals surface area contributed by atoms with Crippen LogP contribution in [0.2, 0.25) is 0 Å². The number of hydrogen-bond donors (Lipinski definition) is 0. The molecule has 0 spiro atoms. The quantitative estimate of drug-likeness (QED) is 0.710. The molecule has 3 rings (SSSR count). The molecule has 0 aromatic carbocycles. The zero-order chi connectivity index (χ0) is 18.7. The summed E-state index contributed by atoms with van der Waals surface area (Å²) in [5.74, 6) is 0.749. The zero-order valence-electron chi connectivity index (χ0n) is 15.9. The first-order chi connectivity index (χ1) is 12.3. The fraction of sp³-hybridized carbons (Fsp3) is 0.722. The summed E-state index contributed by atoms with van der Waals surface area (Å²) >= 11 is 0. The number of aromatic nitrogens is 1. The Kier molecular flexibility index (Phi) is 5.62. The smallest absolute Gasteiger partial charge is 0.312 e. The maximum absolute atomic E-state index is 12.4. The van der Waals surface area contributed by atoms with Crippen LogP contribution in [0.15, 0.2) is 10.6 Å². The summed E-state index contributed by atoms with van der Waals surface area (Å²) in [4.78, 5) is 34.5. The fourth-order valence-electron chi connectivity index (χ4n) is 3.07. The predicted octanol–water partition coefficient (Wildman–Crippen LogP) is 0.475. The van der Waals surface area contributed by atoms with Gasteiger partial charge in [-0.3, -0.25) is 14.5 Å². The van der Waals surface area contributed by atoms with Gasteiger partial charge in [0, 0.05) is 44.7 Å². The third kappa shape index (κ3) is 4.42. The zero-order valence-corrected chi connectivity index (χ0v) is 15.9. The molecule has 2 fully saturated rings. The molecule has 0 unspecified atom stereocenters. The van der Waals surface area contributed by atoms with E-state index in [4.69, 9.17) is 9.15 Å². The van der Waals surface area contributed by atoms with Gasteiger partial charge in [0.25, 0.3) is 0 Å². The normalized spacial score (nSPS) is 19.7. The van der Waals surface area contributed by atoms with Crippen molar-refractivity contribution in [3.05, 3.63) is 17.8 Å². The highest BCUT2D eigenvalue weighted by molar-refractivity contribution is 6.34. The molecule has 0 aliphatic carbocycles. The molecule has 2 saturated heterocycles. The predicted molar refractivity (Wildman–Crippen MR) is 94.5 cm³/mol. The number of amides is 2. The van der Waals surface area contributed by atoms with E-state index < -0.39 is 11.8 Å². The van der Waals surface area contributed by atoms with E-state index in [1.807, 2.05) is 0 Å². The number of oxazole rings is 1. The molecule has 26 heavy (non-hydrogen) atoms. The molecule has 3 heterocycles. The van der Waals surface area contributed by atoms with Crippen molar-refractivity contribution in [1.29, 1.82) is 0 Å². The van der Waals surface area contributed by atoms with Crippen LogP contribution in [0.1, 0.15) is 32.4 Å². The van der Waals surface area contributed by atoms with Gasteiger partial charge in [-0.25, -0.2) is 4.98 Å². The van der Waals surface area contributed by atoms with E-state index >= 15 is 0 Å². The van der Waals surface area contributed by atoms with Crippen molar-refractivity contribution in [2.24, 2.45) is 0 Å². The number of rotatable bonds is 2. The Morgan fingerprint density at radius 1 is 1.00 bits per heavy atom. The van der Waals surface area contributed by atoms with E-state index in [0.29, 0.717) is 64.9 Å². The highest BCUT2D eigenvalue weighted by atomic mass is 16.5. The van der Waals surface area contributed by atoms with Crippen LogP contribution in [0, 0.1) is 0 Å². The minimum absolute atomic E-state index is 0.0593. The second kappa shape index (κ2) is 7.75. The molecule has 2 aliphatic heterocycles. The summed E-state index contributed by atoms with van der Waals surface area (Å²) in [6, 6.07) is 0. The van der Waals surface area contributed by atoms with E-state index in [2.05, 4.69) is 30.7 Å². The van der Waals surface area contributed by atoms with Crippen LogP contribution in [0.3, 0.4) is 0 Å². The molecule has 0 radical (unpaired) electrons. The van der Waals surface area contributed by atoms with Gasteiger partial charge in [-0.2, -0.15) is 0 Å². The number of hydrogen-bond acceptors (Lipinski definition) is 6. The maximum Gasteiger partial charge on any atom is 0.312 e. The topological polar surface area (TPSA) is 79.1 Å². The van der Waals surface area contributed by atoms with Gasteiger partial charge in [0.05, 0.1) is 26.0 Å². The van der Waals surface area contributed by atoms with E-state index in [0.717, 1.165) is 5.76 Å². The van der Waals surface area contributed by atoms with Crippen molar-refractivity contribution >= 4 is 11.8 Å². The first-order valence-corrected chi connectivity index (χ1v) is 9.18. The van der Waals surface area contributed by atoms with Gasteiger partial charge in [0.1, 0.15) is 5.76 Å². The highest BCUT2D eigenvalue weighted by Gasteiger charge is 2.30. The first kappa shape index (κ1) is 18.8. The van der Waals surface area contributed by atoms with E-state index in [-0.39, 0.29) is 5.41 Å². The number of ether oxygens (including phenoxy) is 1. The van der Waals surface area contributed by atoms with Gasteiger partial charge in [0.15, 0.2) is 0 Å². The molecule has 2 aliphatic rings. The Bertz CT molecular complexity index is 638. The summed E-state index contributed by atoms with van der Waals surface area (Å²) < 4.78 is 11.1. The molecule has 0 saturated carbocycles. The second-order valence-electron chi connectivity index (χ2n) is 7.84. The van der Waals surface area contributed by atoms with Gasteiger partial charge in [-0.05, 0) is 0 Å². The van der Waals surface area contributed by atoms with Crippen LogP contribution in [0.25, 0.3) is 0 Å². The molecule has 2 amide bonds. The van der Waals surface area contributed by atoms with Gasteiger partial charge < -0.3 is 19.0 Å². The molecule has 0 atom stereocenters. The monoisotopic (exact) mass is 364 g/mol. The molecule has 144 valence electrons. The van der Waals surface area contributed by atoms with Gasteiger partial charge in [-0.15, -0.1) is 0 Å². The Balaban J connectivity index is 1.48. The van der Waals surface area contributed by atoms with E-state index in [1.165, 1.54) is 0 Å². The van der Waals surface area contributed by atoms with Crippen molar-refractivity contribution in [3.8, 4) is 0 Å². The Hall–Kier alpha value is -1.93. The first-order valence-electron chi connectivity index (χ1n) is 9.18. The highest BCUT2D eigenvalue weighted by Crippen LogP contribution is 2.23. The number of carbonyl (C=O) groups is 2. The van der Waals surface area contributed by atoms with Crippen LogP contribution < -0.4 is 0 Å². The average Bonchev–Trinajstić information content (AvgIpc) is 3.11. The summed E-state index contributed by atoms with van der Waals surface area (Å²) in [7, 11) is 0. The largest absolute Gasteiger partial charge is 0.444 e. The lowest BCUT2D eigenvalue weighted by Crippen LogP contribution is -2.54. The fourth-order valence-corrected chi connectivity index (χ4v) is 3.07. The Labute approximate surface area is 154 Å². The van der Waals surface area contributed by atoms with Crippen LogP contribution >= 0.6 is 0 Å². The standard InChI is InChI=1S/C18H28N4O4/c1-18(2,3)14-12-19-15(26-14)13-20-4-6-21(7-5-20)16(23)17(24)22-8-10-25-11-9-22/h12H,4-11,13H2,1-3H3. The lowest BCUT2D eigenvalue weighted by Gasteiger charge is -2.35. The van der Waals surface area contributed by atoms with Crippen molar-refractivity contribution in [3.63, 3.8) is 0 Å². The number of nitrogens with zero attached hydrogens (tertiary/aromatic N) is 4.